The van der Waals surface area contributed by atoms with Crippen molar-refractivity contribution < 1.29 is 0 Å². The van der Waals surface area contributed by atoms with E-state index in [1.54, 1.807) is 6.07 Å². The predicted octanol–water partition coefficient (Wildman–Crippen LogP) is 2.27. The number of anilines is 2. The van der Waals surface area contributed by atoms with Gasteiger partial charge < -0.3 is 5.32 Å². The Kier molecular flexibility index (Phi) is 3.17. The molecular weight excluding hydrogens is 226 g/mol. The van der Waals surface area contributed by atoms with Gasteiger partial charge in [0.25, 0.3) is 0 Å². The van der Waals surface area contributed by atoms with Gasteiger partial charge >= 0.3 is 0 Å². The molecule has 18 heavy (non-hydrogen) atoms. The molecule has 0 aliphatic carbocycles. The molecule has 0 radical (unpaired) electrons. The van der Waals surface area contributed by atoms with Crippen molar-refractivity contribution in [1.29, 1.82) is 10.5 Å². The third-order valence-electron chi connectivity index (χ3n) is 2.44. The Labute approximate surface area is 104 Å². The van der Waals surface area contributed by atoms with E-state index < -0.39 is 0 Å². The van der Waals surface area contributed by atoms with E-state index in [9.17, 15) is 0 Å². The van der Waals surface area contributed by atoms with E-state index in [2.05, 4.69) is 21.4 Å². The van der Waals surface area contributed by atoms with E-state index in [-0.39, 0.29) is 5.69 Å². The number of nitrogens with zero attached hydrogens (tertiary/aromatic N) is 4. The van der Waals surface area contributed by atoms with Crippen LogP contribution in [-0.4, -0.2) is 9.97 Å². The number of hydrogen-bond donors (Lipinski definition) is 1. The largest absolute Gasteiger partial charge is 0.337 e. The first-order chi connectivity index (χ1) is 8.76. The Morgan fingerprint density at radius 2 is 1.89 bits per heavy atom. The summed E-state index contributed by atoms with van der Waals surface area (Å²) >= 11 is 0. The summed E-state index contributed by atoms with van der Waals surface area (Å²) in [6.07, 6.45) is 2.94. The zero-order valence-electron chi connectivity index (χ0n) is 9.68. The van der Waals surface area contributed by atoms with Crippen LogP contribution in [0.25, 0.3) is 0 Å². The van der Waals surface area contributed by atoms with Crippen LogP contribution in [0.1, 0.15) is 16.8 Å². The molecule has 1 N–H and O–H groups in total. The lowest BCUT2D eigenvalue weighted by atomic mass is 10.1. The molecule has 1 aromatic carbocycles. The first-order valence-corrected chi connectivity index (χ1v) is 5.24. The molecule has 5 heteroatoms. The van der Waals surface area contributed by atoms with Crippen LogP contribution in [-0.2, 0) is 0 Å². The Morgan fingerprint density at radius 1 is 1.11 bits per heavy atom. The van der Waals surface area contributed by atoms with Crippen LogP contribution in [0.4, 0.5) is 11.5 Å². The standard InChI is InChI=1S/C13H9N5/c1-9-3-2-4-11(10(9)7-14)18-13-12(8-15)16-5-6-17-13/h2-6H,1H3,(H,17,18). The van der Waals surface area contributed by atoms with Gasteiger partial charge in [0.05, 0.1) is 11.3 Å². The molecule has 86 valence electrons. The monoisotopic (exact) mass is 235 g/mol. The first kappa shape index (κ1) is 11.6. The Hall–Kier alpha value is -2.92. The van der Waals surface area contributed by atoms with Crippen molar-refractivity contribution in [2.45, 2.75) is 6.92 Å². The topological polar surface area (TPSA) is 85.4 Å². The Morgan fingerprint density at radius 3 is 2.61 bits per heavy atom. The highest BCUT2D eigenvalue weighted by molar-refractivity contribution is 5.68. The zero-order valence-corrected chi connectivity index (χ0v) is 9.68. The summed E-state index contributed by atoms with van der Waals surface area (Å²) in [6, 6.07) is 9.53. The van der Waals surface area contributed by atoms with Gasteiger partial charge in [-0.05, 0) is 18.6 Å². The fraction of sp³-hybridized carbons (Fsp3) is 0.0769. The lowest BCUT2D eigenvalue weighted by Crippen LogP contribution is -2.01. The Bertz CT molecular complexity index is 664. The summed E-state index contributed by atoms with van der Waals surface area (Å²) in [5, 5.41) is 21.0. The molecule has 0 spiro atoms. The molecule has 2 rings (SSSR count). The second-order valence-corrected chi connectivity index (χ2v) is 3.60. The van der Waals surface area contributed by atoms with Gasteiger partial charge in [-0.1, -0.05) is 12.1 Å². The third kappa shape index (κ3) is 2.11. The van der Waals surface area contributed by atoms with E-state index in [1.165, 1.54) is 12.4 Å². The van der Waals surface area contributed by atoms with Crippen LogP contribution in [0.15, 0.2) is 30.6 Å². The van der Waals surface area contributed by atoms with Crippen LogP contribution in [0.3, 0.4) is 0 Å². The minimum atomic E-state index is 0.197. The molecule has 0 saturated carbocycles. The van der Waals surface area contributed by atoms with Gasteiger partial charge in [0.2, 0.25) is 0 Å². The van der Waals surface area contributed by atoms with E-state index in [0.717, 1.165) is 5.56 Å². The molecule has 5 nitrogen and oxygen atoms in total. The lowest BCUT2D eigenvalue weighted by molar-refractivity contribution is 1.16. The van der Waals surface area contributed by atoms with Crippen molar-refractivity contribution in [1.82, 2.24) is 9.97 Å². The predicted molar refractivity (Wildman–Crippen MR) is 65.9 cm³/mol. The van der Waals surface area contributed by atoms with E-state index in [4.69, 9.17) is 10.5 Å². The maximum Gasteiger partial charge on any atom is 0.183 e. The quantitative estimate of drug-likeness (QED) is 0.862. The second-order valence-electron chi connectivity index (χ2n) is 3.60. The van der Waals surface area contributed by atoms with Gasteiger partial charge in [0.1, 0.15) is 12.1 Å². The molecule has 0 saturated heterocycles. The molecule has 0 amide bonds. The van der Waals surface area contributed by atoms with Gasteiger partial charge in [0.15, 0.2) is 11.5 Å². The molecule has 0 aliphatic heterocycles. The zero-order chi connectivity index (χ0) is 13.0. The van der Waals surface area contributed by atoms with Crippen LogP contribution < -0.4 is 5.32 Å². The molecular formula is C13H9N5. The SMILES string of the molecule is Cc1cccc(Nc2nccnc2C#N)c1C#N. The molecule has 2 aromatic rings. The van der Waals surface area contributed by atoms with Gasteiger partial charge in [0, 0.05) is 12.4 Å². The molecule has 0 unspecified atom stereocenters. The summed E-state index contributed by atoms with van der Waals surface area (Å²) in [5.74, 6) is 0.349. The summed E-state index contributed by atoms with van der Waals surface area (Å²) in [7, 11) is 0. The van der Waals surface area contributed by atoms with Crippen molar-refractivity contribution in [3.05, 3.63) is 47.4 Å². The first-order valence-electron chi connectivity index (χ1n) is 5.24. The number of benzene rings is 1. The van der Waals surface area contributed by atoms with Gasteiger partial charge in [-0.15, -0.1) is 0 Å². The summed E-state index contributed by atoms with van der Waals surface area (Å²) in [5.41, 5.74) is 2.22. The molecule has 1 aromatic heterocycles. The minimum absolute atomic E-state index is 0.197. The van der Waals surface area contributed by atoms with Gasteiger partial charge in [-0.25, -0.2) is 9.97 Å². The molecule has 0 aliphatic rings. The Balaban J connectivity index is 2.45. The maximum absolute atomic E-state index is 9.11. The fourth-order valence-corrected chi connectivity index (χ4v) is 1.56. The van der Waals surface area contributed by atoms with E-state index >= 15 is 0 Å². The second kappa shape index (κ2) is 4.94. The van der Waals surface area contributed by atoms with Crippen LogP contribution >= 0.6 is 0 Å². The fourth-order valence-electron chi connectivity index (χ4n) is 1.56. The van der Waals surface area contributed by atoms with Crippen molar-refractivity contribution in [2.24, 2.45) is 0 Å². The highest BCUT2D eigenvalue weighted by atomic mass is 15.0. The maximum atomic E-state index is 9.11. The molecule has 0 bridgehead atoms. The van der Waals surface area contributed by atoms with Crippen molar-refractivity contribution in [3.8, 4) is 12.1 Å². The lowest BCUT2D eigenvalue weighted by Gasteiger charge is -2.09. The van der Waals surface area contributed by atoms with Crippen molar-refractivity contribution >= 4 is 11.5 Å². The highest BCUT2D eigenvalue weighted by Crippen LogP contribution is 2.22. The summed E-state index contributed by atoms with van der Waals surface area (Å²) < 4.78 is 0. The number of aryl methyl sites for hydroxylation is 1. The molecule has 0 atom stereocenters. The van der Waals surface area contributed by atoms with Crippen molar-refractivity contribution in [3.63, 3.8) is 0 Å². The van der Waals surface area contributed by atoms with E-state index in [0.29, 0.717) is 17.1 Å². The number of rotatable bonds is 2. The van der Waals surface area contributed by atoms with Crippen LogP contribution in [0.5, 0.6) is 0 Å². The molecule has 1 heterocycles. The summed E-state index contributed by atoms with van der Waals surface area (Å²) in [6.45, 7) is 1.85. The normalized spacial score (nSPS) is 9.28. The number of hydrogen-bond acceptors (Lipinski definition) is 5. The molecule has 0 fully saturated rings. The minimum Gasteiger partial charge on any atom is -0.337 e. The van der Waals surface area contributed by atoms with Crippen LogP contribution in [0.2, 0.25) is 0 Å². The van der Waals surface area contributed by atoms with Crippen LogP contribution in [0, 0.1) is 29.6 Å². The highest BCUT2D eigenvalue weighted by Gasteiger charge is 2.09. The number of nitrogens with one attached hydrogen (secondary N) is 1. The summed E-state index contributed by atoms with van der Waals surface area (Å²) in [4.78, 5) is 7.95. The number of nitriles is 2. The number of aromatic nitrogens is 2. The third-order valence-corrected chi connectivity index (χ3v) is 2.44. The van der Waals surface area contributed by atoms with Crippen molar-refractivity contribution in [2.75, 3.05) is 5.32 Å². The van der Waals surface area contributed by atoms with Gasteiger partial charge in [-0.3, -0.25) is 0 Å². The van der Waals surface area contributed by atoms with Gasteiger partial charge in [-0.2, -0.15) is 10.5 Å². The average Bonchev–Trinajstić information content (AvgIpc) is 2.40. The smallest absolute Gasteiger partial charge is 0.183 e. The van der Waals surface area contributed by atoms with E-state index in [1.807, 2.05) is 25.1 Å². The average molecular weight is 235 g/mol.